The van der Waals surface area contributed by atoms with E-state index in [1.54, 1.807) is 12.1 Å². The summed E-state index contributed by atoms with van der Waals surface area (Å²) in [5, 5.41) is 1.43. The molecule has 0 aliphatic rings. The molecule has 0 aliphatic carbocycles. The molecule has 142 valence electrons. The molecule has 0 bridgehead atoms. The SMILES string of the molecule is Cc1c(C(=O)CN)c2ccc(CCS(C)(=O)=O)cc2n1-c1ccc(Cl)cc1. The first-order chi connectivity index (χ1) is 12.7. The molecule has 27 heavy (non-hydrogen) atoms. The number of hydrogen-bond acceptors (Lipinski definition) is 4. The number of aromatic nitrogens is 1. The van der Waals surface area contributed by atoms with Crippen LogP contribution in [0.4, 0.5) is 0 Å². The van der Waals surface area contributed by atoms with Gasteiger partial charge < -0.3 is 10.3 Å². The molecule has 5 nitrogen and oxygen atoms in total. The molecule has 2 N–H and O–H groups in total. The van der Waals surface area contributed by atoms with Crippen LogP contribution in [0.1, 0.15) is 21.6 Å². The maximum Gasteiger partial charge on any atom is 0.178 e. The number of sulfone groups is 1. The number of carbonyl (C=O) groups excluding carboxylic acids is 1. The largest absolute Gasteiger partial charge is 0.324 e. The average Bonchev–Trinajstić information content (AvgIpc) is 2.91. The second-order valence-corrected chi connectivity index (χ2v) is 9.33. The summed E-state index contributed by atoms with van der Waals surface area (Å²) in [5.41, 5.74) is 9.62. The quantitative estimate of drug-likeness (QED) is 0.639. The van der Waals surface area contributed by atoms with Crippen LogP contribution in [-0.2, 0) is 16.3 Å². The lowest BCUT2D eigenvalue weighted by atomic mass is 10.0. The van der Waals surface area contributed by atoms with Gasteiger partial charge in [-0.3, -0.25) is 4.79 Å². The summed E-state index contributed by atoms with van der Waals surface area (Å²) in [6.45, 7) is 1.81. The van der Waals surface area contributed by atoms with Gasteiger partial charge in [0.05, 0.1) is 17.8 Å². The Morgan fingerprint density at radius 3 is 2.41 bits per heavy atom. The summed E-state index contributed by atoms with van der Waals surface area (Å²) >= 11 is 6.01. The van der Waals surface area contributed by atoms with E-state index in [0.29, 0.717) is 17.0 Å². The van der Waals surface area contributed by atoms with Crippen molar-refractivity contribution < 1.29 is 13.2 Å². The normalized spacial score (nSPS) is 11.9. The zero-order valence-corrected chi connectivity index (χ0v) is 16.8. The summed E-state index contributed by atoms with van der Waals surface area (Å²) in [6.07, 6.45) is 1.64. The minimum absolute atomic E-state index is 0.0730. The lowest BCUT2D eigenvalue weighted by molar-refractivity contribution is 0.100. The van der Waals surface area contributed by atoms with Crippen molar-refractivity contribution in [2.24, 2.45) is 5.73 Å². The van der Waals surface area contributed by atoms with Crippen molar-refractivity contribution in [3.63, 3.8) is 0 Å². The predicted octanol–water partition coefficient (Wildman–Crippen LogP) is 3.32. The molecule has 3 rings (SSSR count). The Balaban J connectivity index is 2.22. The molecule has 7 heteroatoms. The molecule has 0 unspecified atom stereocenters. The average molecular weight is 405 g/mol. The Hall–Kier alpha value is -2.15. The molecule has 0 atom stereocenters. The van der Waals surface area contributed by atoms with Crippen LogP contribution in [0.3, 0.4) is 0 Å². The maximum absolute atomic E-state index is 12.5. The van der Waals surface area contributed by atoms with Crippen molar-refractivity contribution in [1.29, 1.82) is 0 Å². The van der Waals surface area contributed by atoms with Crippen LogP contribution in [0.25, 0.3) is 16.6 Å². The minimum Gasteiger partial charge on any atom is -0.324 e. The second-order valence-electron chi connectivity index (χ2n) is 6.63. The topological polar surface area (TPSA) is 82.2 Å². The number of ketones is 1. The Kier molecular flexibility index (Phi) is 5.42. The molecule has 0 amide bonds. The highest BCUT2D eigenvalue weighted by Gasteiger charge is 2.20. The third-order valence-corrected chi connectivity index (χ3v) is 5.78. The lowest BCUT2D eigenvalue weighted by Crippen LogP contribution is -2.14. The van der Waals surface area contributed by atoms with Gasteiger partial charge >= 0.3 is 0 Å². The fourth-order valence-electron chi connectivity index (χ4n) is 3.30. The summed E-state index contributed by atoms with van der Waals surface area (Å²) in [5.74, 6) is -0.0534. The smallest absolute Gasteiger partial charge is 0.178 e. The summed E-state index contributed by atoms with van der Waals surface area (Å²) in [7, 11) is -3.06. The van der Waals surface area contributed by atoms with Gasteiger partial charge in [-0.2, -0.15) is 0 Å². The highest BCUT2D eigenvalue weighted by Crippen LogP contribution is 2.31. The van der Waals surface area contributed by atoms with E-state index >= 15 is 0 Å². The van der Waals surface area contributed by atoms with Crippen LogP contribution in [-0.4, -0.2) is 37.3 Å². The monoisotopic (exact) mass is 404 g/mol. The molecule has 2 aromatic carbocycles. The predicted molar refractivity (Wildman–Crippen MR) is 110 cm³/mol. The fraction of sp³-hybridized carbons (Fsp3) is 0.250. The standard InChI is InChI=1S/C20H21ClN2O3S/c1-13-20(19(24)12-22)17-8-3-14(9-10-27(2,25)26)11-18(17)23(13)16-6-4-15(21)5-7-16/h3-8,11H,9-10,12,22H2,1-2H3. The first-order valence-corrected chi connectivity index (χ1v) is 11.0. The number of halogens is 1. The van der Waals surface area contributed by atoms with Crippen LogP contribution in [0.2, 0.25) is 5.02 Å². The van der Waals surface area contributed by atoms with E-state index in [1.807, 2.05) is 41.8 Å². The molecule has 0 saturated heterocycles. The van der Waals surface area contributed by atoms with E-state index < -0.39 is 9.84 Å². The van der Waals surface area contributed by atoms with Crippen LogP contribution < -0.4 is 5.73 Å². The number of nitrogens with two attached hydrogens (primary N) is 1. The van der Waals surface area contributed by atoms with Crippen molar-refractivity contribution >= 4 is 38.1 Å². The van der Waals surface area contributed by atoms with Crippen molar-refractivity contribution in [3.05, 3.63) is 64.3 Å². The summed E-state index contributed by atoms with van der Waals surface area (Å²) < 4.78 is 25.0. The third-order valence-electron chi connectivity index (χ3n) is 4.58. The summed E-state index contributed by atoms with van der Waals surface area (Å²) in [4.78, 5) is 12.5. The molecular weight excluding hydrogens is 384 g/mol. The number of aryl methyl sites for hydroxylation is 1. The fourth-order valence-corrected chi connectivity index (χ4v) is 4.03. The van der Waals surface area contributed by atoms with Crippen molar-refractivity contribution in [2.45, 2.75) is 13.3 Å². The first kappa shape index (κ1) is 19.6. The number of fused-ring (bicyclic) bond motifs is 1. The van der Waals surface area contributed by atoms with Gasteiger partial charge in [-0.25, -0.2) is 8.42 Å². The van der Waals surface area contributed by atoms with Crippen LogP contribution >= 0.6 is 11.6 Å². The van der Waals surface area contributed by atoms with Crippen LogP contribution in [0, 0.1) is 6.92 Å². The van der Waals surface area contributed by atoms with Gasteiger partial charge in [-0.05, 0) is 49.2 Å². The zero-order valence-electron chi connectivity index (χ0n) is 15.2. The van der Waals surface area contributed by atoms with Gasteiger partial charge in [-0.15, -0.1) is 0 Å². The van der Waals surface area contributed by atoms with Crippen LogP contribution in [0.15, 0.2) is 42.5 Å². The van der Waals surface area contributed by atoms with Gasteiger partial charge in [0.15, 0.2) is 5.78 Å². The molecule has 0 saturated carbocycles. The highest BCUT2D eigenvalue weighted by atomic mass is 35.5. The molecule has 1 aromatic heterocycles. The van der Waals surface area contributed by atoms with Crippen molar-refractivity contribution in [1.82, 2.24) is 4.57 Å². The number of nitrogens with zero attached hydrogens (tertiary/aromatic N) is 1. The van der Waals surface area contributed by atoms with E-state index in [2.05, 4.69) is 0 Å². The Morgan fingerprint density at radius 1 is 1.15 bits per heavy atom. The maximum atomic E-state index is 12.5. The highest BCUT2D eigenvalue weighted by molar-refractivity contribution is 7.90. The van der Waals surface area contributed by atoms with Gasteiger partial charge in [0.1, 0.15) is 9.84 Å². The van der Waals surface area contributed by atoms with E-state index in [4.69, 9.17) is 17.3 Å². The summed E-state index contributed by atoms with van der Waals surface area (Å²) in [6, 6.07) is 13.0. The van der Waals surface area contributed by atoms with Gasteiger partial charge in [0.25, 0.3) is 0 Å². The lowest BCUT2D eigenvalue weighted by Gasteiger charge is -2.10. The number of hydrogen-bond donors (Lipinski definition) is 1. The first-order valence-electron chi connectivity index (χ1n) is 8.52. The Labute approximate surface area is 163 Å². The van der Waals surface area contributed by atoms with Crippen molar-refractivity contribution in [2.75, 3.05) is 18.6 Å². The van der Waals surface area contributed by atoms with Gasteiger partial charge in [0, 0.05) is 33.6 Å². The number of rotatable bonds is 6. The molecular formula is C20H21ClN2O3S. The molecule has 0 spiro atoms. The van der Waals surface area contributed by atoms with Crippen LogP contribution in [0.5, 0.6) is 0 Å². The van der Waals surface area contributed by atoms with Gasteiger partial charge in [-0.1, -0.05) is 23.7 Å². The van der Waals surface area contributed by atoms with Gasteiger partial charge in [0.2, 0.25) is 0 Å². The zero-order chi connectivity index (χ0) is 19.8. The van der Waals surface area contributed by atoms with E-state index in [-0.39, 0.29) is 18.1 Å². The Bertz CT molecular complexity index is 1120. The molecule has 3 aromatic rings. The Morgan fingerprint density at radius 2 is 1.81 bits per heavy atom. The molecule has 0 fully saturated rings. The van der Waals surface area contributed by atoms with Crippen molar-refractivity contribution in [3.8, 4) is 5.69 Å². The minimum atomic E-state index is -3.06. The molecule has 0 aliphatic heterocycles. The van der Waals surface area contributed by atoms with E-state index in [9.17, 15) is 13.2 Å². The number of benzene rings is 2. The number of Topliss-reactive ketones (excluding diaryl/α,β-unsaturated/α-hetero) is 1. The van der Waals surface area contributed by atoms with E-state index in [0.717, 1.165) is 27.8 Å². The second kappa shape index (κ2) is 7.46. The molecule has 0 radical (unpaired) electrons. The number of carbonyl (C=O) groups is 1. The molecule has 1 heterocycles. The van der Waals surface area contributed by atoms with E-state index in [1.165, 1.54) is 6.26 Å². The third kappa shape index (κ3) is 4.08.